The molecule has 13 nitrogen and oxygen atoms in total. The van der Waals surface area contributed by atoms with E-state index >= 15 is 0 Å². The van der Waals surface area contributed by atoms with Crippen molar-refractivity contribution in [2.75, 3.05) is 11.5 Å². The molecule has 0 aromatic carbocycles. The molecular weight excluding hydrogens is 440 g/mol. The first kappa shape index (κ1) is 21.5. The molecule has 1 saturated heterocycles. The number of β-lactam (4-membered cyclic amide) rings is 1. The van der Waals surface area contributed by atoms with Crippen molar-refractivity contribution in [2.45, 2.75) is 30.9 Å². The third-order valence-corrected chi connectivity index (χ3v) is 5.86. The van der Waals surface area contributed by atoms with Crippen molar-refractivity contribution in [3.8, 4) is 0 Å². The Morgan fingerprint density at radius 2 is 2.20 bits per heavy atom. The van der Waals surface area contributed by atoms with Gasteiger partial charge in [-0.3, -0.25) is 14.4 Å². The van der Waals surface area contributed by atoms with E-state index in [9.17, 15) is 19.2 Å². The number of carboxylic acid groups (broad SMARTS) is 2. The van der Waals surface area contributed by atoms with Crippen LogP contribution in [0.1, 0.15) is 19.2 Å². The number of carboxylic acids is 2. The zero-order chi connectivity index (χ0) is 22.0. The summed E-state index contributed by atoms with van der Waals surface area (Å²) in [5, 5.41) is 23.6. The van der Waals surface area contributed by atoms with Crippen molar-refractivity contribution >= 4 is 57.9 Å². The van der Waals surface area contributed by atoms with Gasteiger partial charge < -0.3 is 31.0 Å². The number of carbonyl (C=O) groups excluding carboxylic acids is 2. The van der Waals surface area contributed by atoms with Crippen LogP contribution in [0.15, 0.2) is 16.9 Å². The van der Waals surface area contributed by atoms with Crippen LogP contribution >= 0.6 is 23.3 Å². The molecule has 0 aliphatic carbocycles. The Morgan fingerprint density at radius 3 is 2.80 bits per heavy atom. The molecular formula is C15H16N6O7S2. The van der Waals surface area contributed by atoms with Crippen molar-refractivity contribution in [3.63, 3.8) is 0 Å². The lowest BCUT2D eigenvalue weighted by atomic mass is 10.1. The number of oxime groups is 1. The molecule has 30 heavy (non-hydrogen) atoms. The summed E-state index contributed by atoms with van der Waals surface area (Å²) < 4.78 is 3.90. The molecule has 1 aromatic rings. The number of amides is 2. The smallest absolute Gasteiger partial charge is 0.333 e. The monoisotopic (exact) mass is 456 g/mol. The van der Waals surface area contributed by atoms with Gasteiger partial charge in [-0.1, -0.05) is 5.16 Å². The molecule has 5 N–H and O–H groups in total. The predicted octanol–water partition coefficient (Wildman–Crippen LogP) is -0.927. The Balaban J connectivity index is 1.74. The Bertz CT molecular complexity index is 961. The maximum absolute atomic E-state index is 12.7. The molecule has 3 rings (SSSR count). The van der Waals surface area contributed by atoms with Crippen LogP contribution in [0.2, 0.25) is 0 Å². The maximum Gasteiger partial charge on any atom is 0.333 e. The van der Waals surface area contributed by atoms with E-state index in [-0.39, 0.29) is 34.4 Å². The van der Waals surface area contributed by atoms with Crippen LogP contribution in [0.3, 0.4) is 0 Å². The van der Waals surface area contributed by atoms with Gasteiger partial charge >= 0.3 is 11.9 Å². The van der Waals surface area contributed by atoms with Crippen molar-refractivity contribution in [1.29, 1.82) is 0 Å². The molecule has 1 fully saturated rings. The highest BCUT2D eigenvalue weighted by molar-refractivity contribution is 8.00. The van der Waals surface area contributed by atoms with Gasteiger partial charge in [0, 0.05) is 23.5 Å². The fourth-order valence-corrected chi connectivity index (χ4v) is 4.27. The standard InChI is InChI=1S/C15H16N6O7S2/c1-5(2-7(22)23)28-19-8(10-18-15(16)30-20-10)11(24)17-9-12(25)21-3-6(14(26)27)4-29-13(9)21/h3,5,9,13H,2,4H2,1H3,(H,17,24)(H,22,23)(H,26,27)(H2,16,18,20)/t5?,9?,13-/m1/s1. The highest BCUT2D eigenvalue weighted by Gasteiger charge is 2.50. The number of aromatic nitrogens is 2. The number of anilines is 1. The lowest BCUT2D eigenvalue weighted by Gasteiger charge is -2.46. The number of thioether (sulfide) groups is 1. The Labute approximate surface area is 177 Å². The van der Waals surface area contributed by atoms with E-state index in [2.05, 4.69) is 19.8 Å². The minimum atomic E-state index is -1.12. The van der Waals surface area contributed by atoms with Crippen LogP contribution in [0.5, 0.6) is 0 Å². The van der Waals surface area contributed by atoms with E-state index in [1.807, 2.05) is 0 Å². The normalized spacial score (nSPS) is 21.8. The summed E-state index contributed by atoms with van der Waals surface area (Å²) in [7, 11) is 0. The Morgan fingerprint density at radius 1 is 1.47 bits per heavy atom. The van der Waals surface area contributed by atoms with Crippen molar-refractivity contribution in [2.24, 2.45) is 5.16 Å². The lowest BCUT2D eigenvalue weighted by Crippen LogP contribution is -2.69. The first-order chi connectivity index (χ1) is 14.2. The predicted molar refractivity (Wildman–Crippen MR) is 104 cm³/mol. The topological polar surface area (TPSA) is 197 Å². The van der Waals surface area contributed by atoms with Gasteiger partial charge in [0.2, 0.25) is 11.5 Å². The molecule has 2 amide bonds. The van der Waals surface area contributed by atoms with E-state index in [4.69, 9.17) is 20.8 Å². The lowest BCUT2D eigenvalue weighted by molar-refractivity contribution is -0.144. The summed E-state index contributed by atoms with van der Waals surface area (Å²) >= 11 is 2.01. The Hall–Kier alpha value is -3.20. The number of hydrogen-bond donors (Lipinski definition) is 4. The zero-order valence-corrected chi connectivity index (χ0v) is 17.0. The van der Waals surface area contributed by atoms with Crippen LogP contribution in [0.4, 0.5) is 5.13 Å². The number of hydrogen-bond acceptors (Lipinski definition) is 11. The minimum absolute atomic E-state index is 0.0733. The number of nitrogens with zero attached hydrogens (tertiary/aromatic N) is 4. The number of nitrogens with one attached hydrogen (secondary N) is 1. The van der Waals surface area contributed by atoms with Gasteiger partial charge in [-0.05, 0) is 6.92 Å². The Kier molecular flexibility index (Phi) is 6.21. The highest BCUT2D eigenvalue weighted by Crippen LogP contribution is 2.36. The number of nitrogen functional groups attached to an aromatic ring is 1. The molecule has 15 heteroatoms. The van der Waals surface area contributed by atoms with Gasteiger partial charge in [0.25, 0.3) is 11.8 Å². The van der Waals surface area contributed by atoms with E-state index < -0.39 is 41.3 Å². The molecule has 1 aromatic heterocycles. The summed E-state index contributed by atoms with van der Waals surface area (Å²) in [6.07, 6.45) is 0.0663. The van der Waals surface area contributed by atoms with Crippen LogP contribution in [0, 0.1) is 0 Å². The first-order valence-electron chi connectivity index (χ1n) is 8.41. The fourth-order valence-electron chi connectivity index (χ4n) is 2.58. The number of rotatable bonds is 8. The van der Waals surface area contributed by atoms with E-state index in [1.165, 1.54) is 29.8 Å². The van der Waals surface area contributed by atoms with E-state index in [0.717, 1.165) is 11.5 Å². The second kappa shape index (κ2) is 8.66. The molecule has 2 aliphatic heterocycles. The maximum atomic E-state index is 12.7. The largest absolute Gasteiger partial charge is 0.481 e. The van der Waals surface area contributed by atoms with Gasteiger partial charge in [-0.2, -0.15) is 9.36 Å². The van der Waals surface area contributed by atoms with Crippen molar-refractivity contribution in [1.82, 2.24) is 19.6 Å². The van der Waals surface area contributed by atoms with Crippen LogP contribution in [-0.2, 0) is 24.0 Å². The van der Waals surface area contributed by atoms with Crippen molar-refractivity contribution < 1.29 is 34.2 Å². The van der Waals surface area contributed by atoms with Crippen LogP contribution < -0.4 is 11.1 Å². The number of fused-ring (bicyclic) bond motifs is 1. The molecule has 3 atom stereocenters. The quantitative estimate of drug-likeness (QED) is 0.214. The molecule has 0 bridgehead atoms. The number of carbonyl (C=O) groups is 4. The van der Waals surface area contributed by atoms with Gasteiger partial charge in [-0.15, -0.1) is 11.8 Å². The first-order valence-corrected chi connectivity index (χ1v) is 10.2. The summed E-state index contributed by atoms with van der Waals surface area (Å²) in [6, 6.07) is -0.910. The van der Waals surface area contributed by atoms with Gasteiger partial charge in [0.1, 0.15) is 17.5 Å². The fraction of sp³-hybridized carbons (Fsp3) is 0.400. The second-order valence-corrected chi connectivity index (χ2v) is 8.16. The molecule has 2 unspecified atom stereocenters. The molecule has 0 saturated carbocycles. The van der Waals surface area contributed by atoms with E-state index in [0.29, 0.717) is 0 Å². The van der Waals surface area contributed by atoms with Gasteiger partial charge in [-0.25, -0.2) is 4.79 Å². The molecule has 0 spiro atoms. The summed E-state index contributed by atoms with van der Waals surface area (Å²) in [5.41, 5.74) is 5.26. The third kappa shape index (κ3) is 4.51. The van der Waals surface area contributed by atoms with Crippen LogP contribution in [0.25, 0.3) is 0 Å². The molecule has 3 heterocycles. The number of nitrogens with two attached hydrogens (primary N) is 1. The average Bonchev–Trinajstić information content (AvgIpc) is 3.10. The minimum Gasteiger partial charge on any atom is -0.481 e. The molecule has 0 radical (unpaired) electrons. The number of aliphatic carboxylic acids is 2. The third-order valence-electron chi connectivity index (χ3n) is 4.00. The van der Waals surface area contributed by atoms with Crippen molar-refractivity contribution in [3.05, 3.63) is 17.6 Å². The van der Waals surface area contributed by atoms with E-state index in [1.54, 1.807) is 0 Å². The molecule has 2 aliphatic rings. The summed E-state index contributed by atoms with van der Waals surface area (Å²) in [6.45, 7) is 1.45. The average molecular weight is 456 g/mol. The summed E-state index contributed by atoms with van der Waals surface area (Å²) in [4.78, 5) is 57.1. The zero-order valence-electron chi connectivity index (χ0n) is 15.3. The SMILES string of the molecule is CC(CC(=O)O)ON=C(C(=O)NC1C(=O)N2C=C(C(=O)O)CS[C@H]12)c1nsc(N)n1. The highest BCUT2D eigenvalue weighted by atomic mass is 32.2. The summed E-state index contributed by atoms with van der Waals surface area (Å²) in [5.74, 6) is -3.48. The molecule has 160 valence electrons. The van der Waals surface area contributed by atoms with Crippen LogP contribution in [-0.4, -0.2) is 77.2 Å². The second-order valence-electron chi connectivity index (χ2n) is 6.27. The van der Waals surface area contributed by atoms with Gasteiger partial charge in [0.15, 0.2) is 5.13 Å². The van der Waals surface area contributed by atoms with Gasteiger partial charge in [0.05, 0.1) is 12.0 Å².